The molecule has 0 spiro atoms. The minimum atomic E-state index is -4.43. The van der Waals surface area contributed by atoms with Gasteiger partial charge in [-0.05, 0) is 36.1 Å². The average Bonchev–Trinajstić information content (AvgIpc) is 2.77. The topological polar surface area (TPSA) is 54.5 Å². The number of amides is 1. The van der Waals surface area contributed by atoms with Gasteiger partial charge in [-0.1, -0.05) is 24.3 Å². The maximum atomic E-state index is 12.7. The number of ether oxygens (including phenoxy) is 1. The minimum Gasteiger partial charge on any atom is -0.367 e. The maximum absolute atomic E-state index is 12.7. The van der Waals surface area contributed by atoms with Crippen LogP contribution in [0, 0.1) is 5.92 Å². The van der Waals surface area contributed by atoms with E-state index in [9.17, 15) is 31.1 Å². The molecule has 0 unspecified atom stereocenters. The SMILES string of the molecule is O=C(NCc1ccc(COCC(F)(F)F)cc1)C1CCN(c2ccc(C(F)(F)F)cn2)CC1. The lowest BCUT2D eigenvalue weighted by Gasteiger charge is -2.32. The molecule has 1 saturated heterocycles. The second kappa shape index (κ2) is 10.4. The molecule has 1 aliphatic rings. The number of nitrogens with zero attached hydrogens (tertiary/aromatic N) is 2. The van der Waals surface area contributed by atoms with E-state index >= 15 is 0 Å². The first-order valence-electron chi connectivity index (χ1n) is 10.3. The van der Waals surface area contributed by atoms with Gasteiger partial charge in [0.15, 0.2) is 0 Å². The van der Waals surface area contributed by atoms with E-state index in [-0.39, 0.29) is 25.0 Å². The summed E-state index contributed by atoms with van der Waals surface area (Å²) in [4.78, 5) is 18.2. The van der Waals surface area contributed by atoms with Gasteiger partial charge in [0.1, 0.15) is 12.4 Å². The molecule has 1 N–H and O–H groups in total. The van der Waals surface area contributed by atoms with Gasteiger partial charge in [-0.25, -0.2) is 4.98 Å². The Hall–Kier alpha value is -2.82. The Morgan fingerprint density at radius 3 is 2.18 bits per heavy atom. The molecule has 0 atom stereocenters. The average molecular weight is 475 g/mol. The van der Waals surface area contributed by atoms with E-state index in [0.29, 0.717) is 37.3 Å². The van der Waals surface area contributed by atoms with E-state index < -0.39 is 24.5 Å². The second-order valence-electron chi connectivity index (χ2n) is 7.81. The van der Waals surface area contributed by atoms with E-state index in [1.807, 2.05) is 4.90 Å². The van der Waals surface area contributed by atoms with Gasteiger partial charge in [-0.3, -0.25) is 4.79 Å². The van der Waals surface area contributed by atoms with E-state index in [0.717, 1.165) is 17.8 Å². The zero-order chi connectivity index (χ0) is 24.1. The number of pyridine rings is 1. The van der Waals surface area contributed by atoms with Crippen molar-refractivity contribution in [3.05, 3.63) is 59.3 Å². The lowest BCUT2D eigenvalue weighted by Crippen LogP contribution is -2.40. The molecule has 11 heteroatoms. The van der Waals surface area contributed by atoms with Gasteiger partial charge in [-0.2, -0.15) is 26.3 Å². The Morgan fingerprint density at radius 2 is 1.64 bits per heavy atom. The highest BCUT2D eigenvalue weighted by atomic mass is 19.4. The molecule has 2 heterocycles. The van der Waals surface area contributed by atoms with Gasteiger partial charge in [0.25, 0.3) is 0 Å². The fourth-order valence-electron chi connectivity index (χ4n) is 3.48. The molecule has 1 amide bonds. The third-order valence-electron chi connectivity index (χ3n) is 5.29. The summed E-state index contributed by atoms with van der Waals surface area (Å²) in [6.07, 6.45) is -6.90. The van der Waals surface area contributed by atoms with Crippen LogP contribution in [0.5, 0.6) is 0 Å². The predicted molar refractivity (Wildman–Crippen MR) is 108 cm³/mol. The first kappa shape index (κ1) is 24.8. The number of halogens is 6. The van der Waals surface area contributed by atoms with Crippen molar-refractivity contribution in [3.63, 3.8) is 0 Å². The smallest absolute Gasteiger partial charge is 0.367 e. The molecule has 1 aliphatic heterocycles. The summed E-state index contributed by atoms with van der Waals surface area (Å²) >= 11 is 0. The Morgan fingerprint density at radius 1 is 1.00 bits per heavy atom. The van der Waals surface area contributed by atoms with Crippen LogP contribution in [0.2, 0.25) is 0 Å². The van der Waals surface area contributed by atoms with Crippen LogP contribution in [0.3, 0.4) is 0 Å². The quantitative estimate of drug-likeness (QED) is 0.590. The van der Waals surface area contributed by atoms with Gasteiger partial charge in [-0.15, -0.1) is 0 Å². The van der Waals surface area contributed by atoms with Crippen LogP contribution in [-0.2, 0) is 28.9 Å². The highest BCUT2D eigenvalue weighted by Crippen LogP contribution is 2.30. The van der Waals surface area contributed by atoms with E-state index in [1.165, 1.54) is 6.07 Å². The fraction of sp³-hybridized carbons (Fsp3) is 0.455. The molecule has 180 valence electrons. The first-order valence-corrected chi connectivity index (χ1v) is 10.3. The molecule has 0 aliphatic carbocycles. The highest BCUT2D eigenvalue weighted by molar-refractivity contribution is 5.79. The molecular formula is C22H23F6N3O2. The molecule has 3 rings (SSSR count). The molecule has 33 heavy (non-hydrogen) atoms. The van der Waals surface area contributed by atoms with Gasteiger partial charge >= 0.3 is 12.4 Å². The van der Waals surface area contributed by atoms with Crippen LogP contribution >= 0.6 is 0 Å². The number of anilines is 1. The number of aromatic nitrogens is 1. The van der Waals surface area contributed by atoms with Crippen LogP contribution in [0.1, 0.15) is 29.5 Å². The number of hydrogen-bond donors (Lipinski definition) is 1. The Bertz CT molecular complexity index is 906. The monoisotopic (exact) mass is 475 g/mol. The Labute approximate surface area is 186 Å². The Kier molecular flexibility index (Phi) is 7.83. The van der Waals surface area contributed by atoms with Crippen molar-refractivity contribution >= 4 is 11.7 Å². The van der Waals surface area contributed by atoms with Crippen molar-refractivity contribution in [2.45, 2.75) is 38.3 Å². The molecule has 0 saturated carbocycles. The van der Waals surface area contributed by atoms with Gasteiger partial charge in [0.05, 0.1) is 12.2 Å². The van der Waals surface area contributed by atoms with Crippen LogP contribution in [0.25, 0.3) is 0 Å². The fourth-order valence-corrected chi connectivity index (χ4v) is 3.48. The van der Waals surface area contributed by atoms with Crippen LogP contribution in [-0.4, -0.2) is 36.8 Å². The Balaban J connectivity index is 1.41. The van der Waals surface area contributed by atoms with E-state index in [4.69, 9.17) is 0 Å². The predicted octanol–water partition coefficient (Wildman–Crippen LogP) is 4.71. The molecule has 0 radical (unpaired) electrons. The second-order valence-corrected chi connectivity index (χ2v) is 7.81. The minimum absolute atomic E-state index is 0.118. The summed E-state index contributed by atoms with van der Waals surface area (Å²) in [6.45, 7) is -0.174. The number of piperidine rings is 1. The number of carbonyl (C=O) groups excluding carboxylic acids is 1. The molecule has 1 aromatic heterocycles. The normalized spacial score (nSPS) is 15.5. The van der Waals surface area contributed by atoms with Crippen molar-refractivity contribution in [2.24, 2.45) is 5.92 Å². The number of benzene rings is 1. The summed E-state index contributed by atoms with van der Waals surface area (Å²) in [5.74, 6) is 0.111. The van der Waals surface area contributed by atoms with Crippen LogP contribution in [0.4, 0.5) is 32.2 Å². The van der Waals surface area contributed by atoms with Crippen molar-refractivity contribution in [3.8, 4) is 0 Å². The molecule has 2 aromatic rings. The summed E-state index contributed by atoms with van der Waals surface area (Å²) in [5, 5.41) is 2.85. The summed E-state index contributed by atoms with van der Waals surface area (Å²) < 4.78 is 78.9. The van der Waals surface area contributed by atoms with Crippen molar-refractivity contribution in [1.29, 1.82) is 0 Å². The number of nitrogens with one attached hydrogen (secondary N) is 1. The zero-order valence-electron chi connectivity index (χ0n) is 17.5. The lowest BCUT2D eigenvalue weighted by atomic mass is 9.95. The zero-order valence-corrected chi connectivity index (χ0v) is 17.5. The number of hydrogen-bond acceptors (Lipinski definition) is 4. The first-order chi connectivity index (χ1) is 15.5. The van der Waals surface area contributed by atoms with Gasteiger partial charge in [0.2, 0.25) is 5.91 Å². The lowest BCUT2D eigenvalue weighted by molar-refractivity contribution is -0.176. The molecule has 1 fully saturated rings. The summed E-state index contributed by atoms with van der Waals surface area (Å²) in [7, 11) is 0. The molecule has 0 bridgehead atoms. The van der Waals surface area contributed by atoms with Gasteiger partial charge in [0, 0.05) is 31.7 Å². The highest BCUT2D eigenvalue weighted by Gasteiger charge is 2.31. The van der Waals surface area contributed by atoms with E-state index in [1.54, 1.807) is 24.3 Å². The molecular weight excluding hydrogens is 452 g/mol. The molecule has 5 nitrogen and oxygen atoms in total. The largest absolute Gasteiger partial charge is 0.417 e. The third kappa shape index (κ3) is 7.62. The van der Waals surface area contributed by atoms with Crippen LogP contribution in [0.15, 0.2) is 42.6 Å². The van der Waals surface area contributed by atoms with Crippen LogP contribution < -0.4 is 10.2 Å². The standard InChI is InChI=1S/C22H23F6N3O2/c23-21(24,25)14-33-13-16-3-1-15(2-4-16)11-30-20(32)17-7-9-31(10-8-17)19-6-5-18(12-29-19)22(26,27)28/h1-6,12,17H,7-11,13-14H2,(H,30,32). The summed E-state index contributed by atoms with van der Waals surface area (Å²) in [6, 6.07) is 9.05. The summed E-state index contributed by atoms with van der Waals surface area (Å²) in [5.41, 5.74) is 0.593. The maximum Gasteiger partial charge on any atom is 0.417 e. The molecule has 1 aromatic carbocycles. The van der Waals surface area contributed by atoms with Crippen molar-refractivity contribution in [2.75, 3.05) is 24.6 Å². The van der Waals surface area contributed by atoms with Gasteiger partial charge < -0.3 is 15.0 Å². The number of alkyl halides is 6. The number of rotatable bonds is 7. The van der Waals surface area contributed by atoms with Crippen molar-refractivity contribution in [1.82, 2.24) is 10.3 Å². The third-order valence-corrected chi connectivity index (χ3v) is 5.29. The number of carbonyl (C=O) groups is 1. The van der Waals surface area contributed by atoms with E-state index in [2.05, 4.69) is 15.0 Å². The van der Waals surface area contributed by atoms with Crippen molar-refractivity contribution < 1.29 is 35.9 Å².